The number of aliphatic carboxylic acids is 1. The molecule has 2 amide bonds. The molecular weight excluding hydrogens is 372 g/mol. The number of carboxylic acids is 1. The highest BCUT2D eigenvalue weighted by atomic mass is 16.4. The summed E-state index contributed by atoms with van der Waals surface area (Å²) in [7, 11) is 0. The van der Waals surface area contributed by atoms with Gasteiger partial charge in [0.05, 0.1) is 18.1 Å². The van der Waals surface area contributed by atoms with Gasteiger partial charge in [-0.05, 0) is 29.7 Å². The second-order valence-corrected chi connectivity index (χ2v) is 6.93. The van der Waals surface area contributed by atoms with Crippen LogP contribution < -0.4 is 16.5 Å². The summed E-state index contributed by atoms with van der Waals surface area (Å²) in [5, 5.41) is 18.1. The molecule has 1 saturated carbocycles. The summed E-state index contributed by atoms with van der Waals surface area (Å²) < 4.78 is 0. The highest BCUT2D eigenvalue weighted by molar-refractivity contribution is 6.00. The predicted octanol–water partition coefficient (Wildman–Crippen LogP) is 1.37. The maximum absolute atomic E-state index is 12.4. The van der Waals surface area contributed by atoms with E-state index in [1.54, 1.807) is 36.4 Å². The zero-order chi connectivity index (χ0) is 20.8. The van der Waals surface area contributed by atoms with Gasteiger partial charge in [-0.2, -0.15) is 5.10 Å². The number of rotatable bonds is 8. The molecule has 2 aromatic carbocycles. The fourth-order valence-corrected chi connectivity index (χ4v) is 3.08. The van der Waals surface area contributed by atoms with Crippen LogP contribution in [0.5, 0.6) is 0 Å². The van der Waals surface area contributed by atoms with E-state index in [-0.39, 0.29) is 12.3 Å². The van der Waals surface area contributed by atoms with E-state index in [0.717, 1.165) is 11.1 Å². The van der Waals surface area contributed by atoms with Gasteiger partial charge in [0.1, 0.15) is 6.04 Å². The Kier molecular flexibility index (Phi) is 6.23. The van der Waals surface area contributed by atoms with Crippen LogP contribution in [0.2, 0.25) is 0 Å². The van der Waals surface area contributed by atoms with Crippen molar-refractivity contribution in [1.29, 1.82) is 0 Å². The molecule has 0 heterocycles. The lowest BCUT2D eigenvalue weighted by atomic mass is 10.1. The predicted molar refractivity (Wildman–Crippen MR) is 108 cm³/mol. The molecule has 150 valence electrons. The summed E-state index contributed by atoms with van der Waals surface area (Å²) in [6.45, 7) is 0. The van der Waals surface area contributed by atoms with Gasteiger partial charge in [0, 0.05) is 12.1 Å². The molecule has 8 heteroatoms. The van der Waals surface area contributed by atoms with Crippen LogP contribution in [0, 0.1) is 11.8 Å². The third-order valence-electron chi connectivity index (χ3n) is 4.76. The SMILES string of the molecule is NN=Cc1ccc(NC(=O)C2CC2C(=O)N[C@@H](Cc2ccccc2)C(=O)O)cc1. The summed E-state index contributed by atoms with van der Waals surface area (Å²) >= 11 is 0. The van der Waals surface area contributed by atoms with E-state index in [1.807, 2.05) is 18.2 Å². The number of carboxylic acid groups (broad SMARTS) is 1. The third-order valence-corrected chi connectivity index (χ3v) is 4.76. The van der Waals surface area contributed by atoms with Crippen LogP contribution >= 0.6 is 0 Å². The Labute approximate surface area is 167 Å². The lowest BCUT2D eigenvalue weighted by molar-refractivity contribution is -0.142. The minimum absolute atomic E-state index is 0.184. The Balaban J connectivity index is 1.53. The van der Waals surface area contributed by atoms with E-state index >= 15 is 0 Å². The number of nitrogens with zero attached hydrogens (tertiary/aromatic N) is 1. The van der Waals surface area contributed by atoms with Crippen LogP contribution in [-0.2, 0) is 20.8 Å². The Morgan fingerprint density at radius 2 is 1.72 bits per heavy atom. The standard InChI is InChI=1S/C21H22N4O4/c22-23-12-14-6-8-15(9-7-14)24-19(26)16-11-17(16)20(27)25-18(21(28)29)10-13-4-2-1-3-5-13/h1-9,12,16-18H,10-11,22H2,(H,24,26)(H,25,27)(H,28,29)/t16?,17?,18-/m0/s1. The lowest BCUT2D eigenvalue weighted by Gasteiger charge is -2.14. The molecule has 0 radical (unpaired) electrons. The van der Waals surface area contributed by atoms with Gasteiger partial charge < -0.3 is 21.6 Å². The molecule has 1 fully saturated rings. The number of hydrogen-bond donors (Lipinski definition) is 4. The Morgan fingerprint density at radius 1 is 1.07 bits per heavy atom. The number of carbonyl (C=O) groups excluding carboxylic acids is 2. The number of hydrogen-bond acceptors (Lipinski definition) is 5. The number of nitrogens with one attached hydrogen (secondary N) is 2. The molecule has 8 nitrogen and oxygen atoms in total. The first-order chi connectivity index (χ1) is 14.0. The van der Waals surface area contributed by atoms with Gasteiger partial charge in [-0.15, -0.1) is 0 Å². The van der Waals surface area contributed by atoms with Gasteiger partial charge in [0.2, 0.25) is 11.8 Å². The van der Waals surface area contributed by atoms with Crippen molar-refractivity contribution >= 4 is 29.7 Å². The first-order valence-corrected chi connectivity index (χ1v) is 9.19. The average Bonchev–Trinajstić information content (AvgIpc) is 3.51. The molecular formula is C21H22N4O4. The summed E-state index contributed by atoms with van der Waals surface area (Å²) in [4.78, 5) is 36.3. The van der Waals surface area contributed by atoms with E-state index < -0.39 is 29.8 Å². The number of benzene rings is 2. The fourth-order valence-electron chi connectivity index (χ4n) is 3.08. The minimum Gasteiger partial charge on any atom is -0.480 e. The van der Waals surface area contributed by atoms with Crippen LogP contribution in [-0.4, -0.2) is 35.1 Å². The monoisotopic (exact) mass is 394 g/mol. The van der Waals surface area contributed by atoms with Gasteiger partial charge >= 0.3 is 5.97 Å². The molecule has 2 aromatic rings. The number of amides is 2. The van der Waals surface area contributed by atoms with Gasteiger partial charge in [-0.3, -0.25) is 9.59 Å². The summed E-state index contributed by atoms with van der Waals surface area (Å²) in [5.74, 6) is 2.32. The van der Waals surface area contributed by atoms with Crippen LogP contribution in [0.4, 0.5) is 5.69 Å². The zero-order valence-corrected chi connectivity index (χ0v) is 15.6. The van der Waals surface area contributed by atoms with Crippen molar-refractivity contribution in [3.63, 3.8) is 0 Å². The minimum atomic E-state index is -1.11. The van der Waals surface area contributed by atoms with Gasteiger partial charge in [-0.25, -0.2) is 4.79 Å². The lowest BCUT2D eigenvalue weighted by Crippen LogP contribution is -2.43. The first kappa shape index (κ1) is 20.1. The molecule has 5 N–H and O–H groups in total. The van der Waals surface area contributed by atoms with Crippen LogP contribution in [0.1, 0.15) is 17.5 Å². The van der Waals surface area contributed by atoms with E-state index in [9.17, 15) is 19.5 Å². The van der Waals surface area contributed by atoms with Gasteiger partial charge in [0.25, 0.3) is 0 Å². The van der Waals surface area contributed by atoms with E-state index in [0.29, 0.717) is 12.1 Å². The van der Waals surface area contributed by atoms with Crippen molar-refractivity contribution in [1.82, 2.24) is 5.32 Å². The molecule has 3 rings (SSSR count). The van der Waals surface area contributed by atoms with E-state index in [4.69, 9.17) is 5.84 Å². The molecule has 3 atom stereocenters. The maximum Gasteiger partial charge on any atom is 0.326 e. The summed E-state index contributed by atoms with van der Waals surface area (Å²) in [6.07, 6.45) is 2.07. The summed E-state index contributed by atoms with van der Waals surface area (Å²) in [6, 6.07) is 15.0. The Hall–Kier alpha value is -3.68. The maximum atomic E-state index is 12.4. The van der Waals surface area contributed by atoms with Crippen molar-refractivity contribution in [2.24, 2.45) is 22.8 Å². The quantitative estimate of drug-likeness (QED) is 0.305. The second-order valence-electron chi connectivity index (χ2n) is 6.93. The van der Waals surface area contributed by atoms with Crippen molar-refractivity contribution in [3.05, 3.63) is 65.7 Å². The number of anilines is 1. The van der Waals surface area contributed by atoms with Gasteiger partial charge in [0.15, 0.2) is 0 Å². The number of hydrazone groups is 1. The van der Waals surface area contributed by atoms with Crippen LogP contribution in [0.3, 0.4) is 0 Å². The van der Waals surface area contributed by atoms with Crippen molar-refractivity contribution in [3.8, 4) is 0 Å². The van der Waals surface area contributed by atoms with Crippen molar-refractivity contribution in [2.45, 2.75) is 18.9 Å². The topological polar surface area (TPSA) is 134 Å². The van der Waals surface area contributed by atoms with Crippen LogP contribution in [0.15, 0.2) is 59.7 Å². The second kappa shape index (κ2) is 9.01. The summed E-state index contributed by atoms with van der Waals surface area (Å²) in [5.41, 5.74) is 2.21. The molecule has 2 unspecified atom stereocenters. The molecule has 0 aromatic heterocycles. The molecule has 0 bridgehead atoms. The average molecular weight is 394 g/mol. The first-order valence-electron chi connectivity index (χ1n) is 9.19. The molecule has 0 saturated heterocycles. The van der Waals surface area contributed by atoms with Crippen molar-refractivity contribution < 1.29 is 19.5 Å². The zero-order valence-electron chi connectivity index (χ0n) is 15.6. The highest BCUT2D eigenvalue weighted by Gasteiger charge is 2.48. The molecule has 1 aliphatic carbocycles. The number of nitrogens with two attached hydrogens (primary N) is 1. The fraction of sp³-hybridized carbons (Fsp3) is 0.238. The largest absolute Gasteiger partial charge is 0.480 e. The van der Waals surface area contributed by atoms with Crippen LogP contribution in [0.25, 0.3) is 0 Å². The van der Waals surface area contributed by atoms with E-state index in [1.165, 1.54) is 6.21 Å². The number of carbonyl (C=O) groups is 3. The van der Waals surface area contributed by atoms with E-state index in [2.05, 4.69) is 15.7 Å². The Bertz CT molecular complexity index is 912. The normalized spacial score (nSPS) is 18.8. The molecule has 0 spiro atoms. The highest BCUT2D eigenvalue weighted by Crippen LogP contribution is 2.39. The Morgan fingerprint density at radius 3 is 2.34 bits per heavy atom. The van der Waals surface area contributed by atoms with Crippen molar-refractivity contribution in [2.75, 3.05) is 5.32 Å². The van der Waals surface area contributed by atoms with Gasteiger partial charge in [-0.1, -0.05) is 42.5 Å². The molecule has 1 aliphatic rings. The molecule has 0 aliphatic heterocycles. The molecule has 29 heavy (non-hydrogen) atoms. The third kappa shape index (κ3) is 5.41. The smallest absolute Gasteiger partial charge is 0.326 e.